The molecule has 1 amide bonds. The molecule has 0 radical (unpaired) electrons. The molecule has 0 aliphatic carbocycles. The van der Waals surface area contributed by atoms with Crippen LogP contribution in [0.15, 0.2) is 18.2 Å². The van der Waals surface area contributed by atoms with Crippen molar-refractivity contribution in [3.63, 3.8) is 0 Å². The Morgan fingerprint density at radius 3 is 2.54 bits per heavy atom. The number of nitrogens with zero attached hydrogens (tertiary/aromatic N) is 2. The Hall–Kier alpha value is -1.79. The van der Waals surface area contributed by atoms with Gasteiger partial charge in [0.25, 0.3) is 0 Å². The molecule has 1 aromatic rings. The van der Waals surface area contributed by atoms with Crippen molar-refractivity contribution in [3.8, 4) is 11.5 Å². The molecule has 0 aromatic heterocycles. The van der Waals surface area contributed by atoms with E-state index in [9.17, 15) is 4.79 Å². The molecule has 156 valence electrons. The van der Waals surface area contributed by atoms with Crippen LogP contribution in [0.5, 0.6) is 11.5 Å². The molecule has 6 heteroatoms. The van der Waals surface area contributed by atoms with Gasteiger partial charge in [0.05, 0.1) is 0 Å². The standard InChI is InChI=1S/C22H35N3O3/c1-4-24-10-12-25(13-11-24)22(2,3)17-23-21(26)7-5-6-18-8-9-19-20(16-18)28-15-14-27-19/h8-9,16H,4-7,10-15,17H2,1-3H3,(H,23,26). The van der Waals surface area contributed by atoms with Crippen LogP contribution in [0.2, 0.25) is 0 Å². The van der Waals surface area contributed by atoms with Crippen LogP contribution in [0.3, 0.4) is 0 Å². The van der Waals surface area contributed by atoms with Crippen LogP contribution in [0.1, 0.15) is 39.2 Å². The van der Waals surface area contributed by atoms with Gasteiger partial charge in [-0.2, -0.15) is 0 Å². The van der Waals surface area contributed by atoms with Gasteiger partial charge in [-0.05, 0) is 50.9 Å². The summed E-state index contributed by atoms with van der Waals surface area (Å²) in [5.41, 5.74) is 1.18. The summed E-state index contributed by atoms with van der Waals surface area (Å²) >= 11 is 0. The summed E-state index contributed by atoms with van der Waals surface area (Å²) in [6.45, 7) is 14.1. The molecule has 1 aromatic carbocycles. The van der Waals surface area contributed by atoms with Crippen molar-refractivity contribution in [1.82, 2.24) is 15.1 Å². The van der Waals surface area contributed by atoms with E-state index >= 15 is 0 Å². The van der Waals surface area contributed by atoms with E-state index in [0.717, 1.165) is 57.1 Å². The van der Waals surface area contributed by atoms with Crippen LogP contribution in [-0.2, 0) is 11.2 Å². The minimum Gasteiger partial charge on any atom is -0.486 e. The molecule has 0 unspecified atom stereocenters. The predicted octanol–water partition coefficient (Wildman–Crippen LogP) is 2.31. The molecule has 1 N–H and O–H groups in total. The number of amides is 1. The van der Waals surface area contributed by atoms with Gasteiger partial charge < -0.3 is 19.7 Å². The second-order valence-corrected chi connectivity index (χ2v) is 8.34. The lowest BCUT2D eigenvalue weighted by atomic mass is 10.0. The van der Waals surface area contributed by atoms with E-state index in [-0.39, 0.29) is 11.4 Å². The Labute approximate surface area is 169 Å². The Bertz CT molecular complexity index is 654. The molecular formula is C22H35N3O3. The fraction of sp³-hybridized carbons (Fsp3) is 0.682. The minimum absolute atomic E-state index is 0.00861. The van der Waals surface area contributed by atoms with Crippen molar-refractivity contribution in [3.05, 3.63) is 23.8 Å². The normalized spacial score (nSPS) is 18.1. The maximum absolute atomic E-state index is 12.3. The summed E-state index contributed by atoms with van der Waals surface area (Å²) in [5, 5.41) is 3.14. The molecule has 1 saturated heterocycles. The number of fused-ring (bicyclic) bond motifs is 1. The van der Waals surface area contributed by atoms with Crippen molar-refractivity contribution < 1.29 is 14.3 Å². The third-order valence-corrected chi connectivity index (χ3v) is 5.87. The molecule has 2 heterocycles. The van der Waals surface area contributed by atoms with Crippen LogP contribution < -0.4 is 14.8 Å². The Morgan fingerprint density at radius 2 is 1.82 bits per heavy atom. The Kier molecular flexibility index (Phi) is 7.18. The molecule has 0 bridgehead atoms. The van der Waals surface area contributed by atoms with E-state index in [0.29, 0.717) is 26.2 Å². The molecule has 6 nitrogen and oxygen atoms in total. The van der Waals surface area contributed by atoms with Crippen LogP contribution >= 0.6 is 0 Å². The minimum atomic E-state index is -0.00861. The van der Waals surface area contributed by atoms with E-state index in [2.05, 4.69) is 42.0 Å². The molecule has 28 heavy (non-hydrogen) atoms. The predicted molar refractivity (Wildman–Crippen MR) is 111 cm³/mol. The van der Waals surface area contributed by atoms with Gasteiger partial charge in [0.15, 0.2) is 11.5 Å². The first-order chi connectivity index (χ1) is 13.5. The number of piperazine rings is 1. The van der Waals surface area contributed by atoms with E-state index in [4.69, 9.17) is 9.47 Å². The number of nitrogens with one attached hydrogen (secondary N) is 1. The number of hydrogen-bond acceptors (Lipinski definition) is 5. The second kappa shape index (κ2) is 9.61. The highest BCUT2D eigenvalue weighted by Crippen LogP contribution is 2.31. The molecule has 3 rings (SSSR count). The van der Waals surface area contributed by atoms with Crippen LogP contribution in [0.25, 0.3) is 0 Å². The Balaban J connectivity index is 1.37. The van der Waals surface area contributed by atoms with Gasteiger partial charge in [-0.3, -0.25) is 9.69 Å². The maximum atomic E-state index is 12.3. The van der Waals surface area contributed by atoms with Gasteiger partial charge in [0, 0.05) is 44.7 Å². The Morgan fingerprint density at radius 1 is 1.11 bits per heavy atom. The maximum Gasteiger partial charge on any atom is 0.220 e. The summed E-state index contributed by atoms with van der Waals surface area (Å²) in [5.74, 6) is 1.77. The number of rotatable bonds is 8. The number of aryl methyl sites for hydroxylation is 1. The molecule has 0 saturated carbocycles. The zero-order valence-electron chi connectivity index (χ0n) is 17.6. The highest BCUT2D eigenvalue weighted by atomic mass is 16.6. The lowest BCUT2D eigenvalue weighted by Gasteiger charge is -2.44. The molecule has 1 fully saturated rings. The van der Waals surface area contributed by atoms with E-state index in [1.807, 2.05) is 12.1 Å². The van der Waals surface area contributed by atoms with Gasteiger partial charge in [0.2, 0.25) is 5.91 Å². The van der Waals surface area contributed by atoms with Gasteiger partial charge in [-0.15, -0.1) is 0 Å². The first-order valence-corrected chi connectivity index (χ1v) is 10.6. The summed E-state index contributed by atoms with van der Waals surface area (Å²) in [4.78, 5) is 17.3. The SMILES string of the molecule is CCN1CCN(C(C)(C)CNC(=O)CCCc2ccc3c(c2)OCCO3)CC1. The smallest absolute Gasteiger partial charge is 0.220 e. The molecule has 0 spiro atoms. The average molecular weight is 390 g/mol. The molecule has 0 atom stereocenters. The summed E-state index contributed by atoms with van der Waals surface area (Å²) in [6.07, 6.45) is 2.25. The lowest BCUT2D eigenvalue weighted by molar-refractivity contribution is -0.121. The molecule has 2 aliphatic heterocycles. The van der Waals surface area contributed by atoms with Crippen LogP contribution in [0.4, 0.5) is 0 Å². The summed E-state index contributed by atoms with van der Waals surface area (Å²) in [6, 6.07) is 6.06. The zero-order valence-corrected chi connectivity index (χ0v) is 17.6. The zero-order chi connectivity index (χ0) is 20.0. The topological polar surface area (TPSA) is 54.0 Å². The third kappa shape index (κ3) is 5.61. The average Bonchev–Trinajstić information content (AvgIpc) is 2.72. The number of ether oxygens (including phenoxy) is 2. The number of likely N-dealkylation sites (N-methyl/N-ethyl adjacent to an activating group) is 1. The summed E-state index contributed by atoms with van der Waals surface area (Å²) < 4.78 is 11.2. The highest BCUT2D eigenvalue weighted by Gasteiger charge is 2.29. The summed E-state index contributed by atoms with van der Waals surface area (Å²) in [7, 11) is 0. The largest absolute Gasteiger partial charge is 0.486 e. The first kappa shape index (κ1) is 20.9. The highest BCUT2D eigenvalue weighted by molar-refractivity contribution is 5.75. The first-order valence-electron chi connectivity index (χ1n) is 10.6. The van der Waals surface area contributed by atoms with E-state index in [1.165, 1.54) is 5.56 Å². The van der Waals surface area contributed by atoms with Gasteiger partial charge in [-0.25, -0.2) is 0 Å². The van der Waals surface area contributed by atoms with Gasteiger partial charge in [-0.1, -0.05) is 13.0 Å². The van der Waals surface area contributed by atoms with Crippen LogP contribution in [-0.4, -0.2) is 73.7 Å². The monoisotopic (exact) mass is 389 g/mol. The van der Waals surface area contributed by atoms with E-state index < -0.39 is 0 Å². The fourth-order valence-electron chi connectivity index (χ4n) is 3.88. The fourth-order valence-corrected chi connectivity index (χ4v) is 3.88. The number of benzene rings is 1. The van der Waals surface area contributed by atoms with Gasteiger partial charge >= 0.3 is 0 Å². The van der Waals surface area contributed by atoms with Crippen molar-refractivity contribution in [2.75, 3.05) is 52.5 Å². The van der Waals surface area contributed by atoms with Gasteiger partial charge in [0.1, 0.15) is 13.2 Å². The number of hydrogen-bond donors (Lipinski definition) is 1. The number of carbonyl (C=O) groups excluding carboxylic acids is 1. The lowest BCUT2D eigenvalue weighted by Crippen LogP contribution is -2.58. The van der Waals surface area contributed by atoms with Crippen molar-refractivity contribution in [1.29, 1.82) is 0 Å². The van der Waals surface area contributed by atoms with E-state index in [1.54, 1.807) is 0 Å². The van der Waals surface area contributed by atoms with Crippen molar-refractivity contribution in [2.24, 2.45) is 0 Å². The number of carbonyl (C=O) groups is 1. The quantitative estimate of drug-likeness (QED) is 0.739. The van der Waals surface area contributed by atoms with Crippen molar-refractivity contribution in [2.45, 2.75) is 45.6 Å². The molecular weight excluding hydrogens is 354 g/mol. The second-order valence-electron chi connectivity index (χ2n) is 8.34. The van der Waals surface area contributed by atoms with Crippen molar-refractivity contribution >= 4 is 5.91 Å². The third-order valence-electron chi connectivity index (χ3n) is 5.87. The van der Waals surface area contributed by atoms with Crippen LogP contribution in [0, 0.1) is 0 Å². The molecule has 2 aliphatic rings.